The van der Waals surface area contributed by atoms with Gasteiger partial charge in [-0.1, -0.05) is 13.8 Å². The molecule has 1 atom stereocenters. The summed E-state index contributed by atoms with van der Waals surface area (Å²) in [6.07, 6.45) is 4.11. The molecule has 1 aliphatic carbocycles. The van der Waals surface area contributed by atoms with E-state index in [0.29, 0.717) is 0 Å². The van der Waals surface area contributed by atoms with Gasteiger partial charge in [-0.2, -0.15) is 0 Å². The van der Waals surface area contributed by atoms with Crippen LogP contribution in [0.4, 0.5) is 0 Å². The summed E-state index contributed by atoms with van der Waals surface area (Å²) >= 11 is 1.72. The number of hydrogen-bond donors (Lipinski definition) is 1. The Morgan fingerprint density at radius 3 is 3.12 bits per heavy atom. The molecule has 4 heteroatoms. The minimum Gasteiger partial charge on any atom is -0.310 e. The molecule has 1 N–H and O–H groups in total. The quantitative estimate of drug-likeness (QED) is 0.843. The number of aromatic amines is 1. The van der Waals surface area contributed by atoms with Gasteiger partial charge in [0.25, 0.3) is 5.56 Å². The van der Waals surface area contributed by atoms with Gasteiger partial charge < -0.3 is 4.98 Å². The van der Waals surface area contributed by atoms with Crippen LogP contribution in [0.25, 0.3) is 10.2 Å². The minimum absolute atomic E-state index is 0.0545. The second kappa shape index (κ2) is 3.95. The summed E-state index contributed by atoms with van der Waals surface area (Å²) in [6, 6.07) is 0. The van der Waals surface area contributed by atoms with Gasteiger partial charge in [0.15, 0.2) is 0 Å². The van der Waals surface area contributed by atoms with E-state index in [2.05, 4.69) is 16.9 Å². The molecule has 0 fully saturated rings. The van der Waals surface area contributed by atoms with Gasteiger partial charge in [0.1, 0.15) is 10.7 Å². The summed E-state index contributed by atoms with van der Waals surface area (Å²) in [7, 11) is 0. The van der Waals surface area contributed by atoms with E-state index >= 15 is 0 Å². The lowest BCUT2D eigenvalue weighted by molar-refractivity contribution is 0.509. The average Bonchev–Trinajstić information content (AvgIpc) is 2.66. The average molecular weight is 248 g/mol. The van der Waals surface area contributed by atoms with Crippen LogP contribution in [0.1, 0.15) is 36.5 Å². The summed E-state index contributed by atoms with van der Waals surface area (Å²) in [5, 5.41) is 0.856. The van der Waals surface area contributed by atoms with Gasteiger partial charge >= 0.3 is 0 Å². The molecule has 2 heterocycles. The van der Waals surface area contributed by atoms with Crippen LogP contribution in [0.5, 0.6) is 0 Å². The molecule has 0 unspecified atom stereocenters. The molecular formula is C13H16N2OS. The number of nitrogens with zero attached hydrogens (tertiary/aromatic N) is 1. The molecule has 0 radical (unpaired) electrons. The first-order valence-corrected chi connectivity index (χ1v) is 7.04. The van der Waals surface area contributed by atoms with Gasteiger partial charge in [-0.3, -0.25) is 4.79 Å². The molecule has 0 spiro atoms. The molecular weight excluding hydrogens is 232 g/mol. The third-order valence-corrected chi connectivity index (χ3v) is 4.70. The molecule has 0 amide bonds. The van der Waals surface area contributed by atoms with Crippen molar-refractivity contribution >= 4 is 21.6 Å². The fraction of sp³-hybridized carbons (Fsp3) is 0.538. The van der Waals surface area contributed by atoms with Crippen molar-refractivity contribution in [2.45, 2.75) is 39.5 Å². The van der Waals surface area contributed by atoms with E-state index in [1.165, 1.54) is 16.9 Å². The second-order valence-electron chi connectivity index (χ2n) is 4.90. The maximum atomic E-state index is 12.1. The highest BCUT2D eigenvalue weighted by atomic mass is 32.1. The van der Waals surface area contributed by atoms with Crippen LogP contribution in [-0.4, -0.2) is 9.97 Å². The summed E-state index contributed by atoms with van der Waals surface area (Å²) in [6.45, 7) is 4.29. The molecule has 0 aliphatic heterocycles. The van der Waals surface area contributed by atoms with Crippen LogP contribution in [0.3, 0.4) is 0 Å². The summed E-state index contributed by atoms with van der Waals surface area (Å²) in [5.41, 5.74) is 1.32. The molecule has 0 saturated carbocycles. The normalized spacial score (nSPS) is 19.5. The molecule has 3 nitrogen and oxygen atoms in total. The minimum atomic E-state index is 0.0545. The number of rotatable bonds is 1. The van der Waals surface area contributed by atoms with Crippen molar-refractivity contribution in [1.82, 2.24) is 9.97 Å². The Morgan fingerprint density at radius 2 is 2.35 bits per heavy atom. The number of H-pyrrole nitrogens is 1. The lowest BCUT2D eigenvalue weighted by atomic mass is 9.89. The first kappa shape index (κ1) is 11.0. The van der Waals surface area contributed by atoms with Crippen molar-refractivity contribution in [1.29, 1.82) is 0 Å². The first-order chi connectivity index (χ1) is 8.19. The number of thiophene rings is 1. The number of nitrogens with one attached hydrogen (secondary N) is 1. The zero-order chi connectivity index (χ0) is 12.0. The van der Waals surface area contributed by atoms with E-state index in [1.54, 1.807) is 11.3 Å². The fourth-order valence-electron chi connectivity index (χ4n) is 2.56. The Hall–Kier alpha value is -1.16. The van der Waals surface area contributed by atoms with E-state index in [4.69, 9.17) is 0 Å². The van der Waals surface area contributed by atoms with Crippen LogP contribution < -0.4 is 5.56 Å². The van der Waals surface area contributed by atoms with Crippen molar-refractivity contribution in [2.75, 3.05) is 0 Å². The lowest BCUT2D eigenvalue weighted by Gasteiger charge is -2.17. The van der Waals surface area contributed by atoms with Crippen LogP contribution in [0.15, 0.2) is 4.79 Å². The van der Waals surface area contributed by atoms with Crippen LogP contribution in [-0.2, 0) is 19.3 Å². The zero-order valence-corrected chi connectivity index (χ0v) is 11.0. The largest absolute Gasteiger partial charge is 0.310 e. The monoisotopic (exact) mass is 248 g/mol. The third kappa shape index (κ3) is 1.71. The van der Waals surface area contributed by atoms with Crippen LogP contribution >= 0.6 is 11.3 Å². The van der Waals surface area contributed by atoms with Gasteiger partial charge in [0.2, 0.25) is 0 Å². The van der Waals surface area contributed by atoms with Crippen molar-refractivity contribution < 1.29 is 0 Å². The summed E-state index contributed by atoms with van der Waals surface area (Å²) in [5.74, 6) is 1.54. The standard InChI is InChI=1S/C13H16N2OS/c1-3-10-14-12(16)11-8-5-4-7(2)6-9(8)17-13(11)15-10/h7H,3-6H2,1-2H3,(H,14,15,16)/t7-/m0/s1. The van der Waals surface area contributed by atoms with E-state index in [9.17, 15) is 4.79 Å². The Kier molecular flexibility index (Phi) is 2.54. The van der Waals surface area contributed by atoms with Crippen molar-refractivity contribution in [3.63, 3.8) is 0 Å². The van der Waals surface area contributed by atoms with Crippen LogP contribution in [0.2, 0.25) is 0 Å². The predicted molar refractivity (Wildman–Crippen MR) is 70.8 cm³/mol. The Labute approximate surface area is 104 Å². The Bertz CT molecular complexity index is 626. The van der Waals surface area contributed by atoms with Gasteiger partial charge in [-0.05, 0) is 30.7 Å². The molecule has 90 valence electrons. The second-order valence-corrected chi connectivity index (χ2v) is 5.98. The maximum absolute atomic E-state index is 12.1. The molecule has 17 heavy (non-hydrogen) atoms. The van der Waals surface area contributed by atoms with E-state index in [0.717, 1.165) is 41.2 Å². The number of aryl methyl sites for hydroxylation is 2. The molecule has 0 saturated heterocycles. The lowest BCUT2D eigenvalue weighted by Crippen LogP contribution is -2.14. The van der Waals surface area contributed by atoms with Gasteiger partial charge in [-0.25, -0.2) is 4.98 Å². The first-order valence-electron chi connectivity index (χ1n) is 6.22. The molecule has 3 rings (SSSR count). The van der Waals surface area contributed by atoms with Crippen molar-refractivity contribution in [3.05, 3.63) is 26.6 Å². The van der Waals surface area contributed by atoms with E-state index in [1.807, 2.05) is 6.92 Å². The van der Waals surface area contributed by atoms with Crippen molar-refractivity contribution in [3.8, 4) is 0 Å². The van der Waals surface area contributed by atoms with Gasteiger partial charge in [0.05, 0.1) is 5.39 Å². The number of hydrogen-bond acceptors (Lipinski definition) is 3. The number of fused-ring (bicyclic) bond motifs is 3. The summed E-state index contributed by atoms with van der Waals surface area (Å²) in [4.78, 5) is 21.8. The highest BCUT2D eigenvalue weighted by Gasteiger charge is 2.22. The molecule has 0 bridgehead atoms. The maximum Gasteiger partial charge on any atom is 0.259 e. The van der Waals surface area contributed by atoms with Gasteiger partial charge in [-0.15, -0.1) is 11.3 Å². The van der Waals surface area contributed by atoms with Crippen LogP contribution in [0, 0.1) is 5.92 Å². The zero-order valence-electron chi connectivity index (χ0n) is 10.2. The Morgan fingerprint density at radius 1 is 1.53 bits per heavy atom. The topological polar surface area (TPSA) is 45.8 Å². The molecule has 2 aromatic rings. The molecule has 2 aromatic heterocycles. The smallest absolute Gasteiger partial charge is 0.259 e. The van der Waals surface area contributed by atoms with Gasteiger partial charge in [0, 0.05) is 11.3 Å². The van der Waals surface area contributed by atoms with Crippen molar-refractivity contribution in [2.24, 2.45) is 5.92 Å². The van der Waals surface area contributed by atoms with E-state index in [-0.39, 0.29) is 5.56 Å². The third-order valence-electron chi connectivity index (χ3n) is 3.55. The SMILES string of the molecule is CCc1nc2sc3c(c2c(=O)[nH]1)CC[C@H](C)C3. The Balaban J connectivity index is 2.28. The molecule has 1 aliphatic rings. The highest BCUT2D eigenvalue weighted by Crippen LogP contribution is 2.35. The molecule has 0 aromatic carbocycles. The predicted octanol–water partition coefficient (Wildman–Crippen LogP) is 2.67. The fourth-order valence-corrected chi connectivity index (χ4v) is 3.96. The highest BCUT2D eigenvalue weighted by molar-refractivity contribution is 7.18. The van der Waals surface area contributed by atoms with E-state index < -0.39 is 0 Å². The summed E-state index contributed by atoms with van der Waals surface area (Å²) < 4.78 is 0. The number of aromatic nitrogens is 2.